The first-order valence-electron chi connectivity index (χ1n) is 10.2. The van der Waals surface area contributed by atoms with Crippen molar-refractivity contribution in [3.63, 3.8) is 0 Å². The molecule has 2 rings (SSSR count). The van der Waals surface area contributed by atoms with Crippen LogP contribution < -0.4 is 10.1 Å². The van der Waals surface area contributed by atoms with Crippen LogP contribution in [0.4, 0.5) is 0 Å². The van der Waals surface area contributed by atoms with Gasteiger partial charge in [-0.15, -0.1) is 11.8 Å². The molecule has 0 saturated heterocycles. The molecule has 1 N–H and O–H groups in total. The van der Waals surface area contributed by atoms with Crippen LogP contribution in [0.15, 0.2) is 48.5 Å². The normalized spacial score (nSPS) is 11.8. The summed E-state index contributed by atoms with van der Waals surface area (Å²) in [6.07, 6.45) is 0. The van der Waals surface area contributed by atoms with Gasteiger partial charge in [0.25, 0.3) is 0 Å². The van der Waals surface area contributed by atoms with E-state index < -0.39 is 6.04 Å². The predicted molar refractivity (Wildman–Crippen MR) is 124 cm³/mol. The fourth-order valence-electron chi connectivity index (χ4n) is 2.94. The van der Waals surface area contributed by atoms with E-state index >= 15 is 0 Å². The van der Waals surface area contributed by atoms with Crippen LogP contribution in [-0.2, 0) is 21.9 Å². The highest BCUT2D eigenvalue weighted by atomic mass is 32.2. The molecule has 0 aliphatic carbocycles. The van der Waals surface area contributed by atoms with Crippen molar-refractivity contribution in [2.75, 3.05) is 12.9 Å². The van der Waals surface area contributed by atoms with Crippen molar-refractivity contribution in [3.8, 4) is 5.75 Å². The van der Waals surface area contributed by atoms with Gasteiger partial charge in [-0.3, -0.25) is 9.59 Å². The maximum absolute atomic E-state index is 13.0. The number of nitrogens with zero attached hydrogens (tertiary/aromatic N) is 1. The van der Waals surface area contributed by atoms with Crippen LogP contribution in [0.5, 0.6) is 5.75 Å². The van der Waals surface area contributed by atoms with Gasteiger partial charge in [0.1, 0.15) is 11.8 Å². The minimum absolute atomic E-state index is 0.0220. The van der Waals surface area contributed by atoms with Gasteiger partial charge in [0.15, 0.2) is 0 Å². The average Bonchev–Trinajstić information content (AvgIpc) is 2.72. The summed E-state index contributed by atoms with van der Waals surface area (Å²) in [6.45, 7) is 8.04. The van der Waals surface area contributed by atoms with E-state index in [1.54, 1.807) is 30.7 Å². The third kappa shape index (κ3) is 7.41. The highest BCUT2D eigenvalue weighted by molar-refractivity contribution is 7.99. The first-order chi connectivity index (χ1) is 14.3. The highest BCUT2D eigenvalue weighted by Crippen LogP contribution is 2.18. The lowest BCUT2D eigenvalue weighted by Gasteiger charge is -2.29. The van der Waals surface area contributed by atoms with Gasteiger partial charge >= 0.3 is 0 Å². The van der Waals surface area contributed by atoms with Crippen LogP contribution in [-0.4, -0.2) is 41.7 Å². The van der Waals surface area contributed by atoms with Gasteiger partial charge in [0, 0.05) is 18.3 Å². The molecule has 6 heteroatoms. The lowest BCUT2D eigenvalue weighted by atomic mass is 10.1. The lowest BCUT2D eigenvalue weighted by molar-refractivity contribution is -0.138. The first kappa shape index (κ1) is 23.8. The number of ether oxygens (including phenoxy) is 1. The molecule has 0 spiro atoms. The molecule has 0 aromatic heterocycles. The second-order valence-corrected chi connectivity index (χ2v) is 8.67. The fourth-order valence-corrected chi connectivity index (χ4v) is 3.81. The largest absolute Gasteiger partial charge is 0.497 e. The molecule has 0 bridgehead atoms. The predicted octanol–water partition coefficient (Wildman–Crippen LogP) is 4.18. The number of amides is 2. The average molecular weight is 429 g/mol. The van der Waals surface area contributed by atoms with Crippen molar-refractivity contribution in [2.45, 2.75) is 52.1 Å². The third-order valence-electron chi connectivity index (χ3n) is 4.73. The third-order valence-corrected chi connectivity index (χ3v) is 5.71. The molecule has 0 fully saturated rings. The Bertz CT molecular complexity index is 819. The summed E-state index contributed by atoms with van der Waals surface area (Å²) in [7, 11) is 1.62. The molecule has 1 unspecified atom stereocenters. The SMILES string of the molecule is COc1ccc(CN(C(=O)CSCc2ccc(C)cc2)C(C)C(=O)NC(C)C)cc1. The molecule has 30 heavy (non-hydrogen) atoms. The zero-order chi connectivity index (χ0) is 22.1. The van der Waals surface area contributed by atoms with Crippen molar-refractivity contribution in [1.82, 2.24) is 10.2 Å². The molecular weight excluding hydrogens is 396 g/mol. The van der Waals surface area contributed by atoms with Gasteiger partial charge in [0.05, 0.1) is 12.9 Å². The molecule has 162 valence electrons. The van der Waals surface area contributed by atoms with Crippen molar-refractivity contribution >= 4 is 23.6 Å². The molecule has 0 heterocycles. The Balaban J connectivity index is 2.06. The summed E-state index contributed by atoms with van der Waals surface area (Å²) in [5.74, 6) is 1.65. The van der Waals surface area contributed by atoms with Gasteiger partial charge < -0.3 is 15.0 Å². The molecule has 2 aromatic rings. The summed E-state index contributed by atoms with van der Waals surface area (Å²) in [5, 5.41) is 2.91. The van der Waals surface area contributed by atoms with Crippen molar-refractivity contribution < 1.29 is 14.3 Å². The standard InChI is InChI=1S/C24H32N2O3S/c1-17(2)25-24(28)19(4)26(14-20-10-12-22(29-5)13-11-20)23(27)16-30-15-21-8-6-18(3)7-9-21/h6-13,17,19H,14-16H2,1-5H3,(H,25,28). The Morgan fingerprint density at radius 1 is 1.00 bits per heavy atom. The molecule has 0 radical (unpaired) electrons. The Morgan fingerprint density at radius 3 is 2.17 bits per heavy atom. The maximum Gasteiger partial charge on any atom is 0.242 e. The van der Waals surface area contributed by atoms with E-state index in [-0.39, 0.29) is 17.9 Å². The first-order valence-corrected chi connectivity index (χ1v) is 11.3. The summed E-state index contributed by atoms with van der Waals surface area (Å²) in [4.78, 5) is 27.3. The number of methoxy groups -OCH3 is 1. The summed E-state index contributed by atoms with van der Waals surface area (Å²) in [5.41, 5.74) is 3.36. The van der Waals surface area contributed by atoms with E-state index in [0.29, 0.717) is 12.3 Å². The van der Waals surface area contributed by atoms with E-state index in [1.807, 2.05) is 38.1 Å². The van der Waals surface area contributed by atoms with Gasteiger partial charge in [-0.25, -0.2) is 0 Å². The van der Waals surface area contributed by atoms with E-state index in [1.165, 1.54) is 11.1 Å². The fraction of sp³-hybridized carbons (Fsp3) is 0.417. The highest BCUT2D eigenvalue weighted by Gasteiger charge is 2.26. The van der Waals surface area contributed by atoms with Gasteiger partial charge in [0.2, 0.25) is 11.8 Å². The molecule has 5 nitrogen and oxygen atoms in total. The number of aryl methyl sites for hydroxylation is 1. The Labute approximate surface area is 184 Å². The molecular formula is C24H32N2O3S. The number of benzene rings is 2. The van der Waals surface area contributed by atoms with Crippen LogP contribution in [0.25, 0.3) is 0 Å². The van der Waals surface area contributed by atoms with Crippen LogP contribution in [0, 0.1) is 6.92 Å². The lowest BCUT2D eigenvalue weighted by Crippen LogP contribution is -2.49. The van der Waals surface area contributed by atoms with Crippen LogP contribution in [0.3, 0.4) is 0 Å². The van der Waals surface area contributed by atoms with Gasteiger partial charge in [-0.2, -0.15) is 0 Å². The summed E-state index contributed by atoms with van der Waals surface area (Å²) < 4.78 is 5.21. The molecule has 1 atom stereocenters. The summed E-state index contributed by atoms with van der Waals surface area (Å²) in [6, 6.07) is 15.4. The molecule has 0 aliphatic rings. The quantitative estimate of drug-likeness (QED) is 0.617. The smallest absolute Gasteiger partial charge is 0.242 e. The zero-order valence-electron chi connectivity index (χ0n) is 18.5. The number of nitrogens with one attached hydrogen (secondary N) is 1. The zero-order valence-corrected chi connectivity index (χ0v) is 19.3. The van der Waals surface area contributed by atoms with Gasteiger partial charge in [-0.1, -0.05) is 42.0 Å². The van der Waals surface area contributed by atoms with E-state index in [2.05, 4.69) is 36.5 Å². The number of carbonyl (C=O) groups excluding carboxylic acids is 2. The van der Waals surface area contributed by atoms with Gasteiger partial charge in [-0.05, 0) is 51.0 Å². The van der Waals surface area contributed by atoms with Crippen molar-refractivity contribution in [1.29, 1.82) is 0 Å². The number of rotatable bonds is 10. The molecule has 2 aromatic carbocycles. The Hall–Kier alpha value is -2.47. The van der Waals surface area contributed by atoms with Crippen molar-refractivity contribution in [2.24, 2.45) is 0 Å². The van der Waals surface area contributed by atoms with E-state index in [4.69, 9.17) is 4.74 Å². The Kier molecular flexibility index (Phi) is 9.24. The minimum Gasteiger partial charge on any atom is -0.497 e. The molecule has 0 aliphatic heterocycles. The number of hydrogen-bond donors (Lipinski definition) is 1. The Morgan fingerprint density at radius 2 is 1.60 bits per heavy atom. The van der Waals surface area contributed by atoms with Crippen LogP contribution >= 0.6 is 11.8 Å². The van der Waals surface area contributed by atoms with Crippen LogP contribution in [0.2, 0.25) is 0 Å². The van der Waals surface area contributed by atoms with E-state index in [9.17, 15) is 9.59 Å². The second-order valence-electron chi connectivity index (χ2n) is 7.69. The monoisotopic (exact) mass is 428 g/mol. The minimum atomic E-state index is -0.554. The number of hydrogen-bond acceptors (Lipinski definition) is 4. The van der Waals surface area contributed by atoms with Crippen LogP contribution in [0.1, 0.15) is 37.5 Å². The molecule has 0 saturated carbocycles. The van der Waals surface area contributed by atoms with Crippen molar-refractivity contribution in [3.05, 3.63) is 65.2 Å². The molecule has 2 amide bonds. The second kappa shape index (κ2) is 11.6. The number of thioether (sulfide) groups is 1. The van der Waals surface area contributed by atoms with E-state index in [0.717, 1.165) is 17.1 Å². The topological polar surface area (TPSA) is 58.6 Å². The summed E-state index contributed by atoms with van der Waals surface area (Å²) >= 11 is 1.57. The number of carbonyl (C=O) groups is 2. The maximum atomic E-state index is 13.0.